The molecule has 1 aliphatic heterocycles. The molecule has 8 heteroatoms. The van der Waals surface area contributed by atoms with E-state index in [1.54, 1.807) is 24.4 Å². The molecule has 2 N–H and O–H groups in total. The summed E-state index contributed by atoms with van der Waals surface area (Å²) >= 11 is 0. The Bertz CT molecular complexity index is 757. The van der Waals surface area contributed by atoms with Crippen molar-refractivity contribution in [2.75, 3.05) is 36.4 Å². The zero-order valence-electron chi connectivity index (χ0n) is 13.6. The minimum absolute atomic E-state index is 0.0243. The zero-order valence-corrected chi connectivity index (χ0v) is 13.6. The van der Waals surface area contributed by atoms with Crippen molar-refractivity contribution in [3.8, 4) is 0 Å². The van der Waals surface area contributed by atoms with Crippen molar-refractivity contribution in [3.05, 3.63) is 58.3 Å². The lowest BCUT2D eigenvalue weighted by molar-refractivity contribution is -0.384. The summed E-state index contributed by atoms with van der Waals surface area (Å²) in [5.41, 5.74) is 1.59. The average Bonchev–Trinajstić information content (AvgIpc) is 2.63. The molecule has 25 heavy (non-hydrogen) atoms. The minimum atomic E-state index is -0.474. The van der Waals surface area contributed by atoms with Gasteiger partial charge in [0.15, 0.2) is 0 Å². The molecule has 1 amide bonds. The summed E-state index contributed by atoms with van der Waals surface area (Å²) in [7, 11) is 0. The molecule has 0 radical (unpaired) electrons. The first-order valence-electron chi connectivity index (χ1n) is 8.07. The van der Waals surface area contributed by atoms with E-state index in [9.17, 15) is 14.9 Å². The van der Waals surface area contributed by atoms with Crippen LogP contribution in [-0.4, -0.2) is 42.0 Å². The predicted octanol–water partition coefficient (Wildman–Crippen LogP) is 1.58. The predicted molar refractivity (Wildman–Crippen MR) is 94.7 cm³/mol. The molecule has 0 spiro atoms. The second-order valence-corrected chi connectivity index (χ2v) is 5.79. The van der Waals surface area contributed by atoms with Crippen LogP contribution in [0.1, 0.15) is 5.56 Å². The van der Waals surface area contributed by atoms with E-state index in [0.29, 0.717) is 11.4 Å². The second-order valence-electron chi connectivity index (χ2n) is 5.79. The smallest absolute Gasteiger partial charge is 0.269 e. The number of carbonyl (C=O) groups excluding carboxylic acids is 1. The van der Waals surface area contributed by atoms with Gasteiger partial charge >= 0.3 is 0 Å². The molecule has 2 heterocycles. The maximum absolute atomic E-state index is 12.1. The van der Waals surface area contributed by atoms with Crippen LogP contribution in [0.25, 0.3) is 0 Å². The number of nitrogens with zero attached hydrogens (tertiary/aromatic N) is 3. The molecule has 1 saturated heterocycles. The summed E-state index contributed by atoms with van der Waals surface area (Å²) in [4.78, 5) is 28.9. The van der Waals surface area contributed by atoms with Crippen LogP contribution in [0, 0.1) is 10.1 Å². The number of amides is 1. The Morgan fingerprint density at radius 3 is 2.76 bits per heavy atom. The van der Waals surface area contributed by atoms with Crippen LogP contribution < -0.4 is 15.5 Å². The number of nitro groups is 1. The van der Waals surface area contributed by atoms with E-state index in [0.717, 1.165) is 31.9 Å². The molecule has 0 aliphatic carbocycles. The lowest BCUT2D eigenvalue weighted by Crippen LogP contribution is -2.43. The van der Waals surface area contributed by atoms with E-state index in [1.807, 2.05) is 6.07 Å². The number of aromatic nitrogens is 1. The van der Waals surface area contributed by atoms with Crippen LogP contribution in [0.2, 0.25) is 0 Å². The summed E-state index contributed by atoms with van der Waals surface area (Å²) in [5.74, 6) is 0.206. The van der Waals surface area contributed by atoms with Gasteiger partial charge < -0.3 is 15.5 Å². The van der Waals surface area contributed by atoms with E-state index < -0.39 is 4.92 Å². The van der Waals surface area contributed by atoms with Crippen LogP contribution in [0.4, 0.5) is 17.2 Å². The number of nitro benzene ring substituents is 1. The number of hydrogen-bond donors (Lipinski definition) is 2. The monoisotopic (exact) mass is 341 g/mol. The first-order valence-corrected chi connectivity index (χ1v) is 8.07. The molecule has 0 unspecified atom stereocenters. The quantitative estimate of drug-likeness (QED) is 0.633. The Labute approximate surface area is 145 Å². The molecular weight excluding hydrogens is 322 g/mol. The highest BCUT2D eigenvalue weighted by Crippen LogP contribution is 2.17. The number of pyridine rings is 1. The van der Waals surface area contributed by atoms with Gasteiger partial charge in [0, 0.05) is 38.3 Å². The van der Waals surface area contributed by atoms with Gasteiger partial charge in [0.25, 0.3) is 5.69 Å². The number of anilines is 2. The van der Waals surface area contributed by atoms with Crippen molar-refractivity contribution >= 4 is 23.1 Å². The maximum atomic E-state index is 12.1. The molecule has 1 fully saturated rings. The van der Waals surface area contributed by atoms with E-state index in [-0.39, 0.29) is 18.0 Å². The van der Waals surface area contributed by atoms with Gasteiger partial charge in [-0.25, -0.2) is 4.98 Å². The highest BCUT2D eigenvalue weighted by atomic mass is 16.6. The number of nitrogens with one attached hydrogen (secondary N) is 2. The van der Waals surface area contributed by atoms with Gasteiger partial charge in [-0.15, -0.1) is 0 Å². The Kier molecular flexibility index (Phi) is 5.20. The molecule has 2 aromatic rings. The number of rotatable bonds is 5. The molecule has 0 bridgehead atoms. The molecule has 0 saturated carbocycles. The summed E-state index contributed by atoms with van der Waals surface area (Å²) in [6, 6.07) is 9.76. The fraction of sp³-hybridized carbons (Fsp3) is 0.294. The van der Waals surface area contributed by atoms with E-state index >= 15 is 0 Å². The summed E-state index contributed by atoms with van der Waals surface area (Å²) in [6.45, 7) is 3.75. The van der Waals surface area contributed by atoms with Gasteiger partial charge in [-0.05, 0) is 17.7 Å². The Morgan fingerprint density at radius 1 is 1.28 bits per heavy atom. The van der Waals surface area contributed by atoms with Gasteiger partial charge in [0.2, 0.25) is 5.91 Å². The Hall–Kier alpha value is -3.00. The van der Waals surface area contributed by atoms with Gasteiger partial charge in [0.1, 0.15) is 5.82 Å². The summed E-state index contributed by atoms with van der Waals surface area (Å²) in [5, 5.41) is 16.8. The highest BCUT2D eigenvalue weighted by molar-refractivity contribution is 5.91. The SMILES string of the molecule is O=C(Cc1cccc([N+](=O)[O-])c1)Nc1ccc(N2CCNCC2)cn1. The van der Waals surface area contributed by atoms with Crippen molar-refractivity contribution in [2.45, 2.75) is 6.42 Å². The molecule has 8 nitrogen and oxygen atoms in total. The van der Waals surface area contributed by atoms with Gasteiger partial charge in [-0.2, -0.15) is 0 Å². The van der Waals surface area contributed by atoms with Crippen LogP contribution >= 0.6 is 0 Å². The Morgan fingerprint density at radius 2 is 2.08 bits per heavy atom. The summed E-state index contributed by atoms with van der Waals surface area (Å²) in [6.07, 6.45) is 1.80. The normalized spacial score (nSPS) is 14.2. The zero-order chi connectivity index (χ0) is 17.6. The number of benzene rings is 1. The van der Waals surface area contributed by atoms with Crippen LogP contribution in [0.3, 0.4) is 0 Å². The van der Waals surface area contributed by atoms with Crippen LogP contribution in [0.5, 0.6) is 0 Å². The number of hydrogen-bond acceptors (Lipinski definition) is 6. The first-order chi connectivity index (χ1) is 12.1. The standard InChI is InChI=1S/C17H19N5O3/c23-17(11-13-2-1-3-14(10-13)22(24)25)20-16-5-4-15(12-19-16)21-8-6-18-7-9-21/h1-5,10,12,18H,6-9,11H2,(H,19,20,23). The third-order valence-corrected chi connectivity index (χ3v) is 3.98. The molecule has 3 rings (SSSR count). The minimum Gasteiger partial charge on any atom is -0.368 e. The number of piperazine rings is 1. The lowest BCUT2D eigenvalue weighted by Gasteiger charge is -2.29. The fourth-order valence-electron chi connectivity index (χ4n) is 2.72. The maximum Gasteiger partial charge on any atom is 0.269 e. The lowest BCUT2D eigenvalue weighted by atomic mass is 10.1. The molecular formula is C17H19N5O3. The van der Waals surface area contributed by atoms with Crippen molar-refractivity contribution in [1.29, 1.82) is 0 Å². The fourth-order valence-corrected chi connectivity index (χ4v) is 2.72. The number of carbonyl (C=O) groups is 1. The Balaban J connectivity index is 1.59. The van der Waals surface area contributed by atoms with Crippen LogP contribution in [0.15, 0.2) is 42.6 Å². The van der Waals surface area contributed by atoms with Crippen molar-refractivity contribution in [2.24, 2.45) is 0 Å². The van der Waals surface area contributed by atoms with Gasteiger partial charge in [0.05, 0.1) is 23.2 Å². The average molecular weight is 341 g/mol. The topological polar surface area (TPSA) is 100 Å². The van der Waals surface area contributed by atoms with E-state index in [1.165, 1.54) is 12.1 Å². The van der Waals surface area contributed by atoms with E-state index in [2.05, 4.69) is 20.5 Å². The van der Waals surface area contributed by atoms with Crippen molar-refractivity contribution < 1.29 is 9.72 Å². The molecule has 1 aromatic heterocycles. The van der Waals surface area contributed by atoms with Gasteiger partial charge in [-0.3, -0.25) is 14.9 Å². The molecule has 130 valence electrons. The third kappa shape index (κ3) is 4.51. The second kappa shape index (κ2) is 7.71. The molecule has 0 atom stereocenters. The highest BCUT2D eigenvalue weighted by Gasteiger charge is 2.12. The number of non-ortho nitro benzene ring substituents is 1. The van der Waals surface area contributed by atoms with E-state index in [4.69, 9.17) is 0 Å². The summed E-state index contributed by atoms with van der Waals surface area (Å²) < 4.78 is 0. The molecule has 1 aromatic carbocycles. The molecule has 1 aliphatic rings. The largest absolute Gasteiger partial charge is 0.368 e. The van der Waals surface area contributed by atoms with Crippen molar-refractivity contribution in [1.82, 2.24) is 10.3 Å². The third-order valence-electron chi connectivity index (χ3n) is 3.98. The first kappa shape index (κ1) is 16.8. The van der Waals surface area contributed by atoms with Gasteiger partial charge in [-0.1, -0.05) is 12.1 Å². The van der Waals surface area contributed by atoms with Crippen molar-refractivity contribution in [3.63, 3.8) is 0 Å². The van der Waals surface area contributed by atoms with Crippen LogP contribution in [-0.2, 0) is 11.2 Å².